The van der Waals surface area contributed by atoms with Crippen molar-refractivity contribution in [2.24, 2.45) is 0 Å². The number of aromatic nitrogens is 1. The molecule has 1 aromatic rings. The van der Waals surface area contributed by atoms with Gasteiger partial charge >= 0.3 is 0 Å². The van der Waals surface area contributed by atoms with Gasteiger partial charge in [-0.15, -0.1) is 11.3 Å². The van der Waals surface area contributed by atoms with Crippen molar-refractivity contribution in [2.75, 3.05) is 30.5 Å². The molecule has 1 N–H and O–H groups in total. The molecule has 0 fully saturated rings. The van der Waals surface area contributed by atoms with Crippen molar-refractivity contribution in [2.45, 2.75) is 52.6 Å². The molecule has 0 amide bonds. The van der Waals surface area contributed by atoms with Crippen LogP contribution >= 0.6 is 23.1 Å². The van der Waals surface area contributed by atoms with E-state index in [0.717, 1.165) is 18.2 Å². The van der Waals surface area contributed by atoms with E-state index in [1.807, 2.05) is 23.1 Å². The van der Waals surface area contributed by atoms with Gasteiger partial charge in [0.05, 0.1) is 5.69 Å². The fourth-order valence-corrected chi connectivity index (χ4v) is 3.81. The normalized spacial score (nSPS) is 12.9. The number of nitrogens with one attached hydrogen (secondary N) is 1. The smallest absolute Gasteiger partial charge is 0.185 e. The van der Waals surface area contributed by atoms with E-state index in [2.05, 4.69) is 51.2 Å². The molecule has 116 valence electrons. The fraction of sp³-hybridized carbons (Fsp3) is 0.800. The molecule has 1 rings (SSSR count). The second-order valence-electron chi connectivity index (χ2n) is 5.48. The number of rotatable bonds is 9. The Bertz CT molecular complexity index is 390. The van der Waals surface area contributed by atoms with Crippen molar-refractivity contribution >= 4 is 28.2 Å². The first kappa shape index (κ1) is 17.8. The van der Waals surface area contributed by atoms with E-state index in [-0.39, 0.29) is 0 Å². The summed E-state index contributed by atoms with van der Waals surface area (Å²) >= 11 is 3.76. The van der Waals surface area contributed by atoms with Crippen molar-refractivity contribution in [3.05, 3.63) is 10.6 Å². The third-order valence-corrected chi connectivity index (χ3v) is 5.31. The van der Waals surface area contributed by atoms with Gasteiger partial charge in [-0.2, -0.15) is 11.8 Å². The van der Waals surface area contributed by atoms with Crippen LogP contribution in [0.1, 0.15) is 50.6 Å². The van der Waals surface area contributed by atoms with Crippen LogP contribution in [0.4, 0.5) is 5.13 Å². The largest absolute Gasteiger partial charge is 0.348 e. The molecule has 0 saturated heterocycles. The summed E-state index contributed by atoms with van der Waals surface area (Å²) in [4.78, 5) is 8.61. The predicted molar refractivity (Wildman–Crippen MR) is 94.4 cm³/mol. The quantitative estimate of drug-likeness (QED) is 0.747. The van der Waals surface area contributed by atoms with E-state index < -0.39 is 0 Å². The van der Waals surface area contributed by atoms with Crippen molar-refractivity contribution in [3.63, 3.8) is 0 Å². The Morgan fingerprint density at radius 1 is 1.35 bits per heavy atom. The highest BCUT2D eigenvalue weighted by molar-refractivity contribution is 7.98. The Balaban J connectivity index is 2.83. The molecule has 1 aromatic heterocycles. The van der Waals surface area contributed by atoms with E-state index in [1.54, 1.807) is 0 Å². The summed E-state index contributed by atoms with van der Waals surface area (Å²) in [7, 11) is 2.17. The zero-order valence-corrected chi connectivity index (χ0v) is 15.3. The average molecular weight is 316 g/mol. The summed E-state index contributed by atoms with van der Waals surface area (Å²) in [6.45, 7) is 10.8. The molecular weight excluding hydrogens is 286 g/mol. The van der Waals surface area contributed by atoms with Crippen LogP contribution in [-0.2, 0) is 6.54 Å². The van der Waals surface area contributed by atoms with Crippen LogP contribution in [0, 0.1) is 0 Å². The Labute approximate surface area is 132 Å². The van der Waals surface area contributed by atoms with Gasteiger partial charge in [0.25, 0.3) is 0 Å². The molecule has 0 saturated carbocycles. The lowest BCUT2D eigenvalue weighted by Gasteiger charge is -2.24. The highest BCUT2D eigenvalue weighted by Gasteiger charge is 2.18. The lowest BCUT2D eigenvalue weighted by molar-refractivity contribution is 0.664. The predicted octanol–water partition coefficient (Wildman–Crippen LogP) is 3.95. The maximum atomic E-state index is 4.89. The minimum absolute atomic E-state index is 0.489. The van der Waals surface area contributed by atoms with Gasteiger partial charge in [-0.25, -0.2) is 4.98 Å². The van der Waals surface area contributed by atoms with Crippen molar-refractivity contribution in [1.82, 2.24) is 10.3 Å². The van der Waals surface area contributed by atoms with Crippen LogP contribution in [0.25, 0.3) is 0 Å². The summed E-state index contributed by atoms with van der Waals surface area (Å²) in [5, 5.41) is 4.59. The lowest BCUT2D eigenvalue weighted by atomic mass is 10.1. The van der Waals surface area contributed by atoms with Gasteiger partial charge in [-0.1, -0.05) is 20.8 Å². The Hall–Kier alpha value is -0.260. The van der Waals surface area contributed by atoms with E-state index >= 15 is 0 Å². The SMILES string of the molecule is CCNCc1sc(N(C)C(C)CCSC)nc1C(C)C. The average Bonchev–Trinajstić information content (AvgIpc) is 2.85. The number of nitrogens with zero attached hydrogens (tertiary/aromatic N) is 2. The van der Waals surface area contributed by atoms with Gasteiger partial charge in [0.1, 0.15) is 0 Å². The molecule has 5 heteroatoms. The number of hydrogen-bond donors (Lipinski definition) is 1. The number of anilines is 1. The molecule has 3 nitrogen and oxygen atoms in total. The van der Waals surface area contributed by atoms with Gasteiger partial charge in [-0.3, -0.25) is 0 Å². The standard InChI is InChI=1S/C15H29N3S2/c1-7-16-10-13-14(11(2)3)17-15(20-13)18(5)12(4)8-9-19-6/h11-12,16H,7-10H2,1-6H3. The monoisotopic (exact) mass is 315 g/mol. The third-order valence-electron chi connectivity index (χ3n) is 3.50. The first-order chi connectivity index (χ1) is 9.51. The third kappa shape index (κ3) is 4.93. The topological polar surface area (TPSA) is 28.2 Å². The molecule has 1 atom stereocenters. The van der Waals surface area contributed by atoms with E-state index in [4.69, 9.17) is 4.98 Å². The summed E-state index contributed by atoms with van der Waals surface area (Å²) in [6.07, 6.45) is 3.37. The zero-order valence-electron chi connectivity index (χ0n) is 13.7. The van der Waals surface area contributed by atoms with Gasteiger partial charge in [0.15, 0.2) is 5.13 Å². The zero-order chi connectivity index (χ0) is 15.1. The van der Waals surface area contributed by atoms with Crippen LogP contribution in [0.15, 0.2) is 0 Å². The van der Waals surface area contributed by atoms with E-state index in [9.17, 15) is 0 Å². The molecule has 20 heavy (non-hydrogen) atoms. The molecule has 0 aliphatic carbocycles. The molecule has 0 radical (unpaired) electrons. The maximum Gasteiger partial charge on any atom is 0.185 e. The highest BCUT2D eigenvalue weighted by atomic mass is 32.2. The minimum Gasteiger partial charge on any atom is -0.348 e. The van der Waals surface area contributed by atoms with Gasteiger partial charge < -0.3 is 10.2 Å². The molecule has 0 aliphatic rings. The Morgan fingerprint density at radius 2 is 2.05 bits per heavy atom. The van der Waals surface area contributed by atoms with Crippen LogP contribution in [0.3, 0.4) is 0 Å². The van der Waals surface area contributed by atoms with Crippen molar-refractivity contribution in [1.29, 1.82) is 0 Å². The number of thiazole rings is 1. The first-order valence-electron chi connectivity index (χ1n) is 7.43. The Kier molecular flexibility index (Phi) is 7.92. The summed E-state index contributed by atoms with van der Waals surface area (Å²) in [5.74, 6) is 1.70. The number of hydrogen-bond acceptors (Lipinski definition) is 5. The molecule has 1 unspecified atom stereocenters. The molecule has 0 aliphatic heterocycles. The van der Waals surface area contributed by atoms with Gasteiger partial charge in [0, 0.05) is 24.5 Å². The second-order valence-corrected chi connectivity index (χ2v) is 7.53. The fourth-order valence-electron chi connectivity index (χ4n) is 1.99. The highest BCUT2D eigenvalue weighted by Crippen LogP contribution is 2.31. The van der Waals surface area contributed by atoms with Crippen LogP contribution in [0.2, 0.25) is 0 Å². The lowest BCUT2D eigenvalue weighted by Crippen LogP contribution is -2.29. The summed E-state index contributed by atoms with van der Waals surface area (Å²) in [6, 6.07) is 0.542. The molecule has 0 spiro atoms. The van der Waals surface area contributed by atoms with Crippen LogP contribution in [0.5, 0.6) is 0 Å². The maximum absolute atomic E-state index is 4.89. The molecule has 0 aromatic carbocycles. The molecule has 1 heterocycles. The molecule has 0 bridgehead atoms. The number of thioether (sulfide) groups is 1. The van der Waals surface area contributed by atoms with Crippen molar-refractivity contribution < 1.29 is 0 Å². The second kappa shape index (κ2) is 8.90. The van der Waals surface area contributed by atoms with E-state index in [1.165, 1.54) is 22.7 Å². The van der Waals surface area contributed by atoms with E-state index in [0.29, 0.717) is 12.0 Å². The van der Waals surface area contributed by atoms with Gasteiger partial charge in [0.2, 0.25) is 0 Å². The van der Waals surface area contributed by atoms with Crippen LogP contribution in [-0.4, -0.2) is 36.6 Å². The summed E-state index contributed by atoms with van der Waals surface area (Å²) < 4.78 is 0. The van der Waals surface area contributed by atoms with Crippen LogP contribution < -0.4 is 10.2 Å². The summed E-state index contributed by atoms with van der Waals surface area (Å²) in [5.41, 5.74) is 1.26. The Morgan fingerprint density at radius 3 is 2.60 bits per heavy atom. The molecular formula is C15H29N3S2. The van der Waals surface area contributed by atoms with Crippen molar-refractivity contribution in [3.8, 4) is 0 Å². The van der Waals surface area contributed by atoms with Gasteiger partial charge in [-0.05, 0) is 37.8 Å². The minimum atomic E-state index is 0.489. The first-order valence-corrected chi connectivity index (χ1v) is 9.64.